The maximum atomic E-state index is 13.3. The molecular weight excluding hydrogens is 459 g/mol. The lowest BCUT2D eigenvalue weighted by Gasteiger charge is -2.28. The molecule has 3 N–H and O–H groups in total. The van der Waals surface area contributed by atoms with Crippen LogP contribution in [0.4, 0.5) is 10.7 Å². The molecule has 0 aliphatic carbocycles. The lowest BCUT2D eigenvalue weighted by molar-refractivity contribution is -0.113. The number of anilines is 2. The summed E-state index contributed by atoms with van der Waals surface area (Å²) in [6.45, 7) is 5.45. The minimum atomic E-state index is -0.314. The number of rotatable bonds is 4. The van der Waals surface area contributed by atoms with E-state index in [1.165, 1.54) is 11.3 Å². The summed E-state index contributed by atoms with van der Waals surface area (Å²) in [5, 5.41) is 6.79. The molecule has 4 rings (SSSR count). The Morgan fingerprint density at radius 1 is 1.17 bits per heavy atom. The predicted molar refractivity (Wildman–Crippen MR) is 127 cm³/mol. The van der Waals surface area contributed by atoms with Crippen molar-refractivity contribution in [3.8, 4) is 0 Å². The van der Waals surface area contributed by atoms with Crippen LogP contribution in [0.3, 0.4) is 0 Å². The Kier molecular flexibility index (Phi) is 5.53. The zero-order chi connectivity index (χ0) is 21.7. The Morgan fingerprint density at radius 3 is 2.53 bits per heavy atom. The monoisotopic (exact) mass is 476 g/mol. The number of Topliss-reactive ketones (excluding diaryl/α,β-unsaturated/α-hetero) is 1. The van der Waals surface area contributed by atoms with Crippen molar-refractivity contribution in [2.75, 3.05) is 11.1 Å². The summed E-state index contributed by atoms with van der Waals surface area (Å²) in [5.74, 6) is -0.629. The van der Waals surface area contributed by atoms with Crippen molar-refractivity contribution >= 4 is 68.1 Å². The van der Waals surface area contributed by atoms with Crippen molar-refractivity contribution in [2.45, 2.75) is 26.7 Å². The molecule has 0 bridgehead atoms. The third-order valence-electron chi connectivity index (χ3n) is 5.19. The van der Waals surface area contributed by atoms with Gasteiger partial charge in [-0.2, -0.15) is 0 Å². The average Bonchev–Trinajstić information content (AvgIpc) is 3.25. The highest BCUT2D eigenvalue weighted by Gasteiger charge is 2.37. The molecule has 1 aliphatic rings. The van der Waals surface area contributed by atoms with E-state index in [1.54, 1.807) is 36.5 Å². The highest BCUT2D eigenvalue weighted by molar-refractivity contribution is 7.19. The fraction of sp³-hybridized carbons (Fsp3) is 0.182. The number of hydrogen-bond acceptors (Lipinski definition) is 6. The van der Waals surface area contributed by atoms with E-state index in [4.69, 9.17) is 28.9 Å². The van der Waals surface area contributed by atoms with Gasteiger partial charge in [-0.3, -0.25) is 9.59 Å². The number of carbonyl (C=O) groups is 2. The normalized spacial score (nSPS) is 15.7. The molecule has 1 aromatic carbocycles. The lowest BCUT2D eigenvalue weighted by Crippen LogP contribution is -2.21. The fourth-order valence-electron chi connectivity index (χ4n) is 3.81. The summed E-state index contributed by atoms with van der Waals surface area (Å²) >= 11 is 15.2. The SMILES string of the molecule is CC(=O)C1=C(C)Nc2sc(C(=O)c3cc(Cl)ccc3Cl)c(N)c2[C@H]1c1sccc1C. The number of hydrogen-bond donors (Lipinski definition) is 2. The molecule has 154 valence electrons. The number of benzene rings is 1. The van der Waals surface area contributed by atoms with Gasteiger partial charge in [0, 0.05) is 32.3 Å². The molecule has 0 spiro atoms. The van der Waals surface area contributed by atoms with E-state index in [0.717, 1.165) is 26.7 Å². The number of ketones is 2. The van der Waals surface area contributed by atoms with Crippen LogP contribution in [0, 0.1) is 6.92 Å². The quantitative estimate of drug-likeness (QED) is 0.412. The zero-order valence-corrected chi connectivity index (χ0v) is 19.6. The maximum absolute atomic E-state index is 13.3. The first-order chi connectivity index (χ1) is 14.2. The number of thiophene rings is 2. The predicted octanol–water partition coefficient (Wildman–Crippen LogP) is 6.66. The molecule has 30 heavy (non-hydrogen) atoms. The van der Waals surface area contributed by atoms with Crippen LogP contribution in [0.5, 0.6) is 0 Å². The van der Waals surface area contributed by atoms with E-state index in [1.807, 2.05) is 25.3 Å². The van der Waals surface area contributed by atoms with Gasteiger partial charge in [0.25, 0.3) is 0 Å². The first kappa shape index (κ1) is 21.1. The van der Waals surface area contributed by atoms with Gasteiger partial charge in [0.2, 0.25) is 5.78 Å². The Hall–Kier alpha value is -2.12. The molecule has 2 aromatic heterocycles. The van der Waals surface area contributed by atoms with Gasteiger partial charge < -0.3 is 11.1 Å². The van der Waals surface area contributed by atoms with Gasteiger partial charge in [0.1, 0.15) is 4.88 Å². The van der Waals surface area contributed by atoms with Crippen LogP contribution in [-0.2, 0) is 4.79 Å². The Balaban J connectivity index is 1.92. The van der Waals surface area contributed by atoms with Crippen molar-refractivity contribution in [1.82, 2.24) is 0 Å². The fourth-order valence-corrected chi connectivity index (χ4v) is 6.40. The second kappa shape index (κ2) is 7.85. The molecular formula is C22H18Cl2N2O2S2. The summed E-state index contributed by atoms with van der Waals surface area (Å²) in [6.07, 6.45) is 0. The molecule has 0 amide bonds. The number of carbonyl (C=O) groups excluding carboxylic acids is 2. The third kappa shape index (κ3) is 3.38. The summed E-state index contributed by atoms with van der Waals surface area (Å²) < 4.78 is 0. The van der Waals surface area contributed by atoms with Crippen molar-refractivity contribution < 1.29 is 9.59 Å². The lowest BCUT2D eigenvalue weighted by atomic mass is 9.83. The molecule has 0 fully saturated rings. The minimum absolute atomic E-state index is 0.0280. The number of nitrogens with one attached hydrogen (secondary N) is 1. The largest absolute Gasteiger partial charge is 0.397 e. The molecule has 0 saturated carbocycles. The standard InChI is InChI=1S/C22H18Cl2N2O2S2/c1-9-6-7-29-20(9)16-15(11(3)27)10(2)26-22-17(16)18(25)21(30-22)19(28)13-8-12(23)4-5-14(13)24/h4-8,16,26H,25H2,1-3H3/t16-/m0/s1. The Bertz CT molecular complexity index is 1240. The first-order valence-corrected chi connectivity index (χ1v) is 11.6. The molecule has 0 radical (unpaired) electrons. The average molecular weight is 477 g/mol. The van der Waals surface area contributed by atoms with Gasteiger partial charge in [-0.05, 0) is 56.0 Å². The van der Waals surface area contributed by atoms with Crippen LogP contribution < -0.4 is 11.1 Å². The van der Waals surface area contributed by atoms with Gasteiger partial charge in [-0.25, -0.2) is 0 Å². The number of aryl methyl sites for hydroxylation is 1. The Morgan fingerprint density at radius 2 is 1.90 bits per heavy atom. The van der Waals surface area contributed by atoms with Gasteiger partial charge >= 0.3 is 0 Å². The molecule has 8 heteroatoms. The summed E-state index contributed by atoms with van der Waals surface area (Å²) in [4.78, 5) is 27.3. The van der Waals surface area contributed by atoms with Gasteiger partial charge in [0.05, 0.1) is 21.6 Å². The Labute approximate surface area is 192 Å². The van der Waals surface area contributed by atoms with E-state index in [-0.39, 0.29) is 17.5 Å². The van der Waals surface area contributed by atoms with Gasteiger partial charge in [0.15, 0.2) is 5.78 Å². The van der Waals surface area contributed by atoms with Crippen molar-refractivity contribution in [1.29, 1.82) is 0 Å². The van der Waals surface area contributed by atoms with Crippen LogP contribution >= 0.6 is 45.9 Å². The molecule has 3 aromatic rings. The van der Waals surface area contributed by atoms with E-state index in [2.05, 4.69) is 5.32 Å². The van der Waals surface area contributed by atoms with Crippen molar-refractivity contribution in [3.63, 3.8) is 0 Å². The van der Waals surface area contributed by atoms with Crippen molar-refractivity contribution in [2.24, 2.45) is 0 Å². The molecule has 4 nitrogen and oxygen atoms in total. The first-order valence-electron chi connectivity index (χ1n) is 9.15. The van der Waals surface area contributed by atoms with Crippen LogP contribution in [0.15, 0.2) is 40.9 Å². The number of nitrogens with two attached hydrogens (primary N) is 1. The molecule has 0 saturated heterocycles. The molecule has 3 heterocycles. The summed E-state index contributed by atoms with van der Waals surface area (Å²) in [6, 6.07) is 6.79. The van der Waals surface area contributed by atoms with Crippen molar-refractivity contribution in [3.05, 3.63) is 77.4 Å². The van der Waals surface area contributed by atoms with E-state index in [9.17, 15) is 9.59 Å². The van der Waals surface area contributed by atoms with E-state index < -0.39 is 0 Å². The van der Waals surface area contributed by atoms with Gasteiger partial charge in [-0.1, -0.05) is 23.2 Å². The van der Waals surface area contributed by atoms with Gasteiger partial charge in [-0.15, -0.1) is 22.7 Å². The number of fused-ring (bicyclic) bond motifs is 1. The van der Waals surface area contributed by atoms with E-state index in [0.29, 0.717) is 31.7 Å². The molecule has 1 aliphatic heterocycles. The zero-order valence-electron chi connectivity index (χ0n) is 16.4. The van der Waals surface area contributed by atoms with Crippen LogP contribution in [0.2, 0.25) is 10.0 Å². The highest BCUT2D eigenvalue weighted by Crippen LogP contribution is 2.52. The molecule has 1 atom stereocenters. The number of nitrogen functional groups attached to an aromatic ring is 1. The number of allylic oxidation sites excluding steroid dienone is 2. The topological polar surface area (TPSA) is 72.2 Å². The van der Waals surface area contributed by atoms with E-state index >= 15 is 0 Å². The molecule has 0 unspecified atom stereocenters. The number of halogens is 2. The second-order valence-electron chi connectivity index (χ2n) is 7.16. The van der Waals surface area contributed by atoms with Crippen LogP contribution in [0.1, 0.15) is 51.0 Å². The maximum Gasteiger partial charge on any atom is 0.206 e. The smallest absolute Gasteiger partial charge is 0.206 e. The van der Waals surface area contributed by atoms with Crippen LogP contribution in [-0.4, -0.2) is 11.6 Å². The third-order valence-corrected chi connectivity index (χ3v) is 7.97. The minimum Gasteiger partial charge on any atom is -0.397 e. The highest BCUT2D eigenvalue weighted by atomic mass is 35.5. The summed E-state index contributed by atoms with van der Waals surface area (Å²) in [7, 11) is 0. The van der Waals surface area contributed by atoms with Crippen LogP contribution in [0.25, 0.3) is 0 Å². The summed E-state index contributed by atoms with van der Waals surface area (Å²) in [5.41, 5.74) is 10.5. The second-order valence-corrected chi connectivity index (χ2v) is 9.97.